The average Bonchev–Trinajstić information content (AvgIpc) is 2.87. The van der Waals surface area contributed by atoms with Gasteiger partial charge in [0.25, 0.3) is 0 Å². The first kappa shape index (κ1) is 25.5. The Kier molecular flexibility index (Phi) is 6.98. The smallest absolute Gasteiger partial charge is 0.330 e. The second-order valence-electron chi connectivity index (χ2n) is 8.64. The van der Waals surface area contributed by atoms with Crippen molar-refractivity contribution in [2.75, 3.05) is 6.61 Å². The van der Waals surface area contributed by atoms with Gasteiger partial charge in [0.1, 0.15) is 23.9 Å². The van der Waals surface area contributed by atoms with Gasteiger partial charge in [0, 0.05) is 6.42 Å². The van der Waals surface area contributed by atoms with Crippen LogP contribution in [0.4, 0.5) is 17.6 Å². The summed E-state index contributed by atoms with van der Waals surface area (Å²) in [6.07, 6.45) is -0.510. The van der Waals surface area contributed by atoms with Crippen molar-refractivity contribution in [1.29, 1.82) is 0 Å². The van der Waals surface area contributed by atoms with E-state index < -0.39 is 29.7 Å². The summed E-state index contributed by atoms with van der Waals surface area (Å²) in [5.74, 6) is -8.90. The highest BCUT2D eigenvalue weighted by Crippen LogP contribution is 2.64. The number of esters is 1. The zero-order valence-electron chi connectivity index (χ0n) is 19.9. The molecule has 0 bridgehead atoms. The summed E-state index contributed by atoms with van der Waals surface area (Å²) in [5.41, 5.74) is -1.49. The summed E-state index contributed by atoms with van der Waals surface area (Å²) in [5, 5.41) is 0. The first-order valence-electron chi connectivity index (χ1n) is 11.6. The molecule has 190 valence electrons. The molecule has 0 heterocycles. The van der Waals surface area contributed by atoms with Crippen LogP contribution < -0.4 is 9.47 Å². The van der Waals surface area contributed by atoms with Gasteiger partial charge in [-0.05, 0) is 66.4 Å². The zero-order valence-corrected chi connectivity index (χ0v) is 19.9. The van der Waals surface area contributed by atoms with Crippen LogP contribution in [0.25, 0.3) is 0 Å². The van der Waals surface area contributed by atoms with Crippen LogP contribution in [0.5, 0.6) is 17.2 Å². The molecular weight excluding hydrogens is 476 g/mol. The third-order valence-electron chi connectivity index (χ3n) is 6.30. The third-order valence-corrected chi connectivity index (χ3v) is 6.30. The SMILES string of the molecule is CCOc1ccc(C2(C(=O)OCc3cccc(Oc4cccc(CC)c4)c3)CC(F)(F)C2(F)F)cc1. The predicted octanol–water partition coefficient (Wildman–Crippen LogP) is 7.10. The fraction of sp³-hybridized carbons (Fsp3) is 0.321. The number of hydrogen-bond donors (Lipinski definition) is 0. The molecule has 1 fully saturated rings. The molecule has 1 aliphatic rings. The summed E-state index contributed by atoms with van der Waals surface area (Å²) in [6.45, 7) is 3.73. The van der Waals surface area contributed by atoms with Crippen LogP contribution in [0.3, 0.4) is 0 Å². The van der Waals surface area contributed by atoms with Crippen LogP contribution >= 0.6 is 0 Å². The van der Waals surface area contributed by atoms with Gasteiger partial charge in [0.05, 0.1) is 6.61 Å². The van der Waals surface area contributed by atoms with Gasteiger partial charge in [0.2, 0.25) is 0 Å². The average molecular weight is 503 g/mol. The summed E-state index contributed by atoms with van der Waals surface area (Å²) in [6, 6.07) is 19.3. The second kappa shape index (κ2) is 9.84. The van der Waals surface area contributed by atoms with Gasteiger partial charge >= 0.3 is 17.8 Å². The Bertz CT molecular complexity index is 1230. The fourth-order valence-electron chi connectivity index (χ4n) is 4.30. The quantitative estimate of drug-likeness (QED) is 0.231. The van der Waals surface area contributed by atoms with E-state index in [1.165, 1.54) is 24.3 Å². The number of benzene rings is 3. The van der Waals surface area contributed by atoms with Gasteiger partial charge < -0.3 is 14.2 Å². The van der Waals surface area contributed by atoms with Gasteiger partial charge in [-0.25, -0.2) is 0 Å². The molecule has 1 unspecified atom stereocenters. The van der Waals surface area contributed by atoms with Crippen LogP contribution in [0.2, 0.25) is 0 Å². The first-order chi connectivity index (χ1) is 17.1. The first-order valence-corrected chi connectivity index (χ1v) is 11.6. The fourth-order valence-corrected chi connectivity index (χ4v) is 4.30. The Morgan fingerprint density at radius 3 is 2.00 bits per heavy atom. The Morgan fingerprint density at radius 2 is 1.44 bits per heavy atom. The maximum Gasteiger partial charge on any atom is 0.330 e. The van der Waals surface area contributed by atoms with Crippen molar-refractivity contribution < 1.29 is 36.6 Å². The maximum absolute atomic E-state index is 14.8. The van der Waals surface area contributed by atoms with E-state index in [4.69, 9.17) is 14.2 Å². The van der Waals surface area contributed by atoms with Gasteiger partial charge in [-0.15, -0.1) is 0 Å². The lowest BCUT2D eigenvalue weighted by Gasteiger charge is -2.51. The van der Waals surface area contributed by atoms with Gasteiger partial charge in [-0.1, -0.05) is 43.3 Å². The normalized spacial score (nSPS) is 19.7. The minimum Gasteiger partial charge on any atom is -0.494 e. The molecule has 0 aliphatic heterocycles. The maximum atomic E-state index is 14.8. The summed E-state index contributed by atoms with van der Waals surface area (Å²) >= 11 is 0. The van der Waals surface area contributed by atoms with Crippen LogP contribution in [0.15, 0.2) is 72.8 Å². The van der Waals surface area contributed by atoms with Crippen molar-refractivity contribution >= 4 is 5.97 Å². The lowest BCUT2D eigenvalue weighted by atomic mass is 9.58. The predicted molar refractivity (Wildman–Crippen MR) is 126 cm³/mol. The number of carbonyl (C=O) groups excluding carboxylic acids is 1. The molecule has 4 nitrogen and oxygen atoms in total. The Balaban J connectivity index is 1.53. The number of aryl methyl sites for hydroxylation is 1. The number of rotatable bonds is 9. The monoisotopic (exact) mass is 502 g/mol. The van der Waals surface area contributed by atoms with Gasteiger partial charge in [0.15, 0.2) is 5.41 Å². The highest BCUT2D eigenvalue weighted by molar-refractivity contribution is 5.87. The van der Waals surface area contributed by atoms with Crippen LogP contribution in [-0.4, -0.2) is 24.4 Å². The topological polar surface area (TPSA) is 44.8 Å². The summed E-state index contributed by atoms with van der Waals surface area (Å²) in [4.78, 5) is 13.0. The lowest BCUT2D eigenvalue weighted by Crippen LogP contribution is -2.72. The van der Waals surface area contributed by atoms with Crippen molar-refractivity contribution in [3.63, 3.8) is 0 Å². The van der Waals surface area contributed by atoms with Crippen LogP contribution in [0, 0.1) is 0 Å². The Morgan fingerprint density at radius 1 is 0.833 bits per heavy atom. The molecule has 4 rings (SSSR count). The number of ether oxygens (including phenoxy) is 3. The number of hydrogen-bond acceptors (Lipinski definition) is 4. The molecule has 0 N–H and O–H groups in total. The van der Waals surface area contributed by atoms with E-state index in [1.807, 2.05) is 25.1 Å². The highest BCUT2D eigenvalue weighted by Gasteiger charge is 2.84. The van der Waals surface area contributed by atoms with Crippen LogP contribution in [0.1, 0.15) is 37.0 Å². The summed E-state index contributed by atoms with van der Waals surface area (Å²) in [7, 11) is 0. The molecule has 3 aromatic carbocycles. The molecule has 1 atom stereocenters. The highest BCUT2D eigenvalue weighted by atomic mass is 19.3. The number of alkyl halides is 4. The van der Waals surface area contributed by atoms with Crippen molar-refractivity contribution in [3.05, 3.63) is 89.5 Å². The lowest BCUT2D eigenvalue weighted by molar-refractivity contribution is -0.323. The molecular formula is C28H26F4O4. The molecule has 0 radical (unpaired) electrons. The van der Waals surface area contributed by atoms with Crippen molar-refractivity contribution in [1.82, 2.24) is 0 Å². The van der Waals surface area contributed by atoms with Gasteiger partial charge in [-0.2, -0.15) is 17.6 Å². The third kappa shape index (κ3) is 4.52. The number of halogens is 4. The standard InChI is InChI=1S/C28H26F4O4/c1-3-19-7-5-9-23(15-19)36-24-10-6-8-20(16-24)17-35-25(33)26(18-27(29,30)28(26,31)32)21-11-13-22(14-12-21)34-4-2/h5-16H,3-4,17-18H2,1-2H3. The Labute approximate surface area is 206 Å². The van der Waals surface area contributed by atoms with E-state index in [-0.39, 0.29) is 12.2 Å². The largest absolute Gasteiger partial charge is 0.494 e. The Hall–Kier alpha value is -3.55. The summed E-state index contributed by atoms with van der Waals surface area (Å²) < 4.78 is 73.8. The molecule has 0 saturated heterocycles. The molecule has 0 aromatic heterocycles. The molecule has 3 aromatic rings. The van der Waals surface area contributed by atoms with Crippen LogP contribution in [-0.2, 0) is 28.0 Å². The molecule has 8 heteroatoms. The minimum absolute atomic E-state index is 0.250. The second-order valence-corrected chi connectivity index (χ2v) is 8.64. The van der Waals surface area contributed by atoms with E-state index >= 15 is 0 Å². The van der Waals surface area contributed by atoms with E-state index in [9.17, 15) is 22.4 Å². The van der Waals surface area contributed by atoms with Crippen molar-refractivity contribution in [2.45, 2.75) is 50.6 Å². The number of carbonyl (C=O) groups is 1. The minimum atomic E-state index is -4.61. The molecule has 0 amide bonds. The molecule has 1 saturated carbocycles. The molecule has 36 heavy (non-hydrogen) atoms. The van der Waals surface area contributed by atoms with Gasteiger partial charge in [-0.3, -0.25) is 4.79 Å². The van der Waals surface area contributed by atoms with E-state index in [0.717, 1.165) is 12.0 Å². The molecule has 1 aliphatic carbocycles. The van der Waals surface area contributed by atoms with E-state index in [0.29, 0.717) is 29.4 Å². The van der Waals surface area contributed by atoms with E-state index in [2.05, 4.69) is 0 Å². The van der Waals surface area contributed by atoms with Crippen molar-refractivity contribution in [3.8, 4) is 17.2 Å². The van der Waals surface area contributed by atoms with Crippen molar-refractivity contribution in [2.24, 2.45) is 0 Å². The molecule has 0 spiro atoms. The van der Waals surface area contributed by atoms with E-state index in [1.54, 1.807) is 37.3 Å². The zero-order chi connectivity index (χ0) is 26.0.